The van der Waals surface area contributed by atoms with Crippen molar-refractivity contribution in [2.24, 2.45) is 5.73 Å². The van der Waals surface area contributed by atoms with Crippen LogP contribution in [0.1, 0.15) is 30.5 Å². The highest BCUT2D eigenvalue weighted by molar-refractivity contribution is 9.10. The van der Waals surface area contributed by atoms with E-state index in [1.54, 1.807) is 7.11 Å². The Balaban J connectivity index is 2.38. The predicted molar refractivity (Wildman–Crippen MR) is 89.0 cm³/mol. The van der Waals surface area contributed by atoms with Gasteiger partial charge in [-0.15, -0.1) is 0 Å². The van der Waals surface area contributed by atoms with E-state index in [1.165, 1.54) is 0 Å². The van der Waals surface area contributed by atoms with Crippen LogP contribution in [0, 0.1) is 0 Å². The number of rotatable bonds is 6. The van der Waals surface area contributed by atoms with E-state index in [9.17, 15) is 0 Å². The molecule has 0 bridgehead atoms. The van der Waals surface area contributed by atoms with Crippen LogP contribution in [0.4, 0.5) is 0 Å². The molecular weight excluding hydrogens is 330 g/mol. The lowest BCUT2D eigenvalue weighted by atomic mass is 9.98. The quantitative estimate of drug-likeness (QED) is 0.845. The van der Waals surface area contributed by atoms with Gasteiger partial charge < -0.3 is 15.2 Å². The third-order valence-electron chi connectivity index (χ3n) is 3.25. The fourth-order valence-corrected chi connectivity index (χ4v) is 2.53. The molecular formula is C17H20BrNO2. The Morgan fingerprint density at radius 3 is 2.52 bits per heavy atom. The number of hydrogen-bond donors (Lipinski definition) is 1. The van der Waals surface area contributed by atoms with Crippen molar-refractivity contribution in [1.29, 1.82) is 0 Å². The van der Waals surface area contributed by atoms with Crippen molar-refractivity contribution in [2.75, 3.05) is 13.7 Å². The summed E-state index contributed by atoms with van der Waals surface area (Å²) in [7, 11) is 1.65. The van der Waals surface area contributed by atoms with Gasteiger partial charge in [-0.2, -0.15) is 0 Å². The van der Waals surface area contributed by atoms with Crippen LogP contribution in [0.2, 0.25) is 0 Å². The van der Waals surface area contributed by atoms with Gasteiger partial charge in [0.1, 0.15) is 11.5 Å². The van der Waals surface area contributed by atoms with Crippen molar-refractivity contribution < 1.29 is 9.47 Å². The maximum Gasteiger partial charge on any atom is 0.125 e. The molecule has 0 radical (unpaired) electrons. The molecule has 0 fully saturated rings. The van der Waals surface area contributed by atoms with Crippen LogP contribution < -0.4 is 15.2 Å². The Morgan fingerprint density at radius 1 is 1.10 bits per heavy atom. The number of methoxy groups -OCH3 is 1. The van der Waals surface area contributed by atoms with Crippen LogP contribution in [0.5, 0.6) is 11.5 Å². The summed E-state index contributed by atoms with van der Waals surface area (Å²) >= 11 is 3.45. The maximum absolute atomic E-state index is 6.44. The SMILES string of the molecule is CCCOc1ccccc1C(N)c1ccc(Br)cc1OC. The van der Waals surface area contributed by atoms with Crippen LogP contribution in [-0.2, 0) is 0 Å². The Labute approximate surface area is 134 Å². The van der Waals surface area contributed by atoms with Gasteiger partial charge in [-0.25, -0.2) is 0 Å². The number of halogens is 1. The number of benzene rings is 2. The van der Waals surface area contributed by atoms with Crippen molar-refractivity contribution in [3.05, 3.63) is 58.1 Å². The van der Waals surface area contributed by atoms with Crippen molar-refractivity contribution in [3.63, 3.8) is 0 Å². The molecule has 2 rings (SSSR count). The Kier molecular flexibility index (Phi) is 5.65. The minimum atomic E-state index is -0.291. The summed E-state index contributed by atoms with van der Waals surface area (Å²) in [4.78, 5) is 0. The first kappa shape index (κ1) is 15.9. The van der Waals surface area contributed by atoms with Gasteiger partial charge in [0.15, 0.2) is 0 Å². The van der Waals surface area contributed by atoms with Gasteiger partial charge in [-0.05, 0) is 24.6 Å². The highest BCUT2D eigenvalue weighted by Gasteiger charge is 2.18. The second-order valence-corrected chi connectivity index (χ2v) is 5.67. The van der Waals surface area contributed by atoms with Crippen molar-refractivity contribution in [1.82, 2.24) is 0 Å². The maximum atomic E-state index is 6.44. The molecule has 2 aromatic carbocycles. The highest BCUT2D eigenvalue weighted by atomic mass is 79.9. The summed E-state index contributed by atoms with van der Waals surface area (Å²) in [5, 5.41) is 0. The van der Waals surface area contributed by atoms with Crippen molar-refractivity contribution in [2.45, 2.75) is 19.4 Å². The molecule has 4 heteroatoms. The first-order valence-corrected chi connectivity index (χ1v) is 7.77. The Morgan fingerprint density at radius 2 is 1.81 bits per heavy atom. The molecule has 21 heavy (non-hydrogen) atoms. The number of hydrogen-bond acceptors (Lipinski definition) is 3. The van der Waals surface area contributed by atoms with Crippen LogP contribution in [0.25, 0.3) is 0 Å². The molecule has 0 heterocycles. The summed E-state index contributed by atoms with van der Waals surface area (Å²) in [6.07, 6.45) is 0.963. The van der Waals surface area contributed by atoms with Gasteiger partial charge >= 0.3 is 0 Å². The Bertz CT molecular complexity index is 601. The molecule has 0 aliphatic carbocycles. The third kappa shape index (κ3) is 3.77. The topological polar surface area (TPSA) is 44.5 Å². The zero-order valence-corrected chi connectivity index (χ0v) is 13.9. The van der Waals surface area contributed by atoms with E-state index in [0.717, 1.165) is 33.5 Å². The van der Waals surface area contributed by atoms with Gasteiger partial charge in [0.05, 0.1) is 19.8 Å². The normalized spacial score (nSPS) is 12.0. The fourth-order valence-electron chi connectivity index (χ4n) is 2.19. The lowest BCUT2D eigenvalue weighted by Gasteiger charge is -2.19. The smallest absolute Gasteiger partial charge is 0.125 e. The van der Waals surface area contributed by atoms with E-state index >= 15 is 0 Å². The highest BCUT2D eigenvalue weighted by Crippen LogP contribution is 2.34. The Hall–Kier alpha value is -1.52. The number of ether oxygens (including phenoxy) is 2. The summed E-state index contributed by atoms with van der Waals surface area (Å²) < 4.78 is 12.2. The zero-order chi connectivity index (χ0) is 15.2. The van der Waals surface area contributed by atoms with Gasteiger partial charge in [0, 0.05) is 15.6 Å². The van der Waals surface area contributed by atoms with Crippen LogP contribution >= 0.6 is 15.9 Å². The minimum Gasteiger partial charge on any atom is -0.496 e. The van der Waals surface area contributed by atoms with Gasteiger partial charge in [0.2, 0.25) is 0 Å². The molecule has 0 amide bonds. The van der Waals surface area contributed by atoms with E-state index in [2.05, 4.69) is 22.9 Å². The molecule has 3 nitrogen and oxygen atoms in total. The van der Waals surface area contributed by atoms with E-state index in [4.69, 9.17) is 15.2 Å². The minimum absolute atomic E-state index is 0.291. The lowest BCUT2D eigenvalue weighted by molar-refractivity contribution is 0.313. The van der Waals surface area contributed by atoms with E-state index in [1.807, 2.05) is 42.5 Å². The average molecular weight is 350 g/mol. The van der Waals surface area contributed by atoms with Gasteiger partial charge in [-0.1, -0.05) is 47.1 Å². The molecule has 0 aromatic heterocycles. The van der Waals surface area contributed by atoms with Gasteiger partial charge in [-0.3, -0.25) is 0 Å². The summed E-state index contributed by atoms with van der Waals surface area (Å²) in [6.45, 7) is 2.77. The lowest BCUT2D eigenvalue weighted by Crippen LogP contribution is -2.14. The van der Waals surface area contributed by atoms with E-state index in [0.29, 0.717) is 6.61 Å². The van der Waals surface area contributed by atoms with Crippen LogP contribution in [-0.4, -0.2) is 13.7 Å². The molecule has 0 spiro atoms. The second-order valence-electron chi connectivity index (χ2n) is 4.75. The number of para-hydroxylation sites is 1. The average Bonchev–Trinajstić information content (AvgIpc) is 2.52. The van der Waals surface area contributed by atoms with Crippen LogP contribution in [0.3, 0.4) is 0 Å². The summed E-state index contributed by atoms with van der Waals surface area (Å²) in [6, 6.07) is 13.5. The number of nitrogens with two attached hydrogens (primary N) is 1. The zero-order valence-electron chi connectivity index (χ0n) is 12.3. The molecule has 0 aliphatic heterocycles. The third-order valence-corrected chi connectivity index (χ3v) is 3.74. The van der Waals surface area contributed by atoms with Crippen molar-refractivity contribution >= 4 is 15.9 Å². The molecule has 0 aliphatic rings. The monoisotopic (exact) mass is 349 g/mol. The molecule has 1 unspecified atom stereocenters. The van der Waals surface area contributed by atoms with E-state index < -0.39 is 0 Å². The fraction of sp³-hybridized carbons (Fsp3) is 0.294. The summed E-state index contributed by atoms with van der Waals surface area (Å²) in [5.41, 5.74) is 8.34. The van der Waals surface area contributed by atoms with Crippen molar-refractivity contribution in [3.8, 4) is 11.5 Å². The molecule has 0 saturated heterocycles. The van der Waals surface area contributed by atoms with Crippen LogP contribution in [0.15, 0.2) is 46.9 Å². The largest absolute Gasteiger partial charge is 0.496 e. The summed E-state index contributed by atoms with van der Waals surface area (Å²) in [5.74, 6) is 1.60. The van der Waals surface area contributed by atoms with Gasteiger partial charge in [0.25, 0.3) is 0 Å². The molecule has 1 atom stereocenters. The second kappa shape index (κ2) is 7.48. The standard InChI is InChI=1S/C17H20BrNO2/c1-3-10-21-15-7-5-4-6-13(15)17(19)14-9-8-12(18)11-16(14)20-2/h4-9,11,17H,3,10,19H2,1-2H3. The molecule has 112 valence electrons. The first-order valence-electron chi connectivity index (χ1n) is 6.98. The predicted octanol–water partition coefficient (Wildman–Crippen LogP) is 4.29. The molecule has 2 N–H and O–H groups in total. The van der Waals surface area contributed by atoms with E-state index in [-0.39, 0.29) is 6.04 Å². The molecule has 0 saturated carbocycles. The first-order chi connectivity index (χ1) is 10.2. The molecule has 2 aromatic rings.